The first-order chi connectivity index (χ1) is 13.1. The van der Waals surface area contributed by atoms with Gasteiger partial charge in [0, 0.05) is 5.69 Å². The zero-order valence-corrected chi connectivity index (χ0v) is 16.6. The number of carbonyl (C=O) groups is 2. The predicted molar refractivity (Wildman–Crippen MR) is 103 cm³/mol. The standard InChI is InChI=1S/C19H22N2O6S/c1-12-4-7-16(10-13(12)2)26-11-18(22)27-14(3)19(23)21-15-5-8-17(9-6-15)28(20,24)25/h4-10,14H,11H2,1-3H3,(H,21,23)(H2,20,24,25). The Morgan fingerprint density at radius 1 is 1.07 bits per heavy atom. The van der Waals surface area contributed by atoms with E-state index >= 15 is 0 Å². The molecule has 2 rings (SSSR count). The van der Waals surface area contributed by atoms with Crippen LogP contribution in [0.1, 0.15) is 18.1 Å². The number of nitrogens with two attached hydrogens (primary N) is 1. The van der Waals surface area contributed by atoms with Gasteiger partial charge < -0.3 is 14.8 Å². The van der Waals surface area contributed by atoms with Crippen LogP contribution in [0.3, 0.4) is 0 Å². The molecule has 28 heavy (non-hydrogen) atoms. The van der Waals surface area contributed by atoms with Crippen molar-refractivity contribution in [3.63, 3.8) is 0 Å². The van der Waals surface area contributed by atoms with Crippen molar-refractivity contribution in [3.8, 4) is 5.75 Å². The van der Waals surface area contributed by atoms with Crippen LogP contribution in [0.2, 0.25) is 0 Å². The summed E-state index contributed by atoms with van der Waals surface area (Å²) in [6, 6.07) is 10.7. The Hall–Kier alpha value is -2.91. The summed E-state index contributed by atoms with van der Waals surface area (Å²) >= 11 is 0. The van der Waals surface area contributed by atoms with Gasteiger partial charge in [-0.1, -0.05) is 6.07 Å². The molecule has 0 heterocycles. The number of ether oxygens (including phenoxy) is 2. The molecule has 0 spiro atoms. The van der Waals surface area contributed by atoms with Crippen LogP contribution in [0, 0.1) is 13.8 Å². The quantitative estimate of drug-likeness (QED) is 0.677. The number of sulfonamides is 1. The van der Waals surface area contributed by atoms with Crippen molar-refractivity contribution in [1.29, 1.82) is 0 Å². The number of hydrogen-bond acceptors (Lipinski definition) is 6. The van der Waals surface area contributed by atoms with Gasteiger partial charge in [-0.3, -0.25) is 4.79 Å². The molecule has 1 atom stereocenters. The number of primary sulfonamides is 1. The highest BCUT2D eigenvalue weighted by Gasteiger charge is 2.18. The second kappa shape index (κ2) is 8.85. The average Bonchev–Trinajstić information content (AvgIpc) is 2.62. The van der Waals surface area contributed by atoms with Crippen LogP contribution in [-0.4, -0.2) is 33.0 Å². The summed E-state index contributed by atoms with van der Waals surface area (Å²) in [5.41, 5.74) is 2.48. The molecule has 0 aliphatic rings. The van der Waals surface area contributed by atoms with Crippen LogP contribution in [-0.2, 0) is 24.3 Å². The van der Waals surface area contributed by atoms with E-state index in [1.165, 1.54) is 31.2 Å². The fraction of sp³-hybridized carbons (Fsp3) is 0.263. The summed E-state index contributed by atoms with van der Waals surface area (Å²) in [6.45, 7) is 4.99. The van der Waals surface area contributed by atoms with Crippen molar-refractivity contribution in [3.05, 3.63) is 53.6 Å². The summed E-state index contributed by atoms with van der Waals surface area (Å²) < 4.78 is 32.9. The molecule has 150 valence electrons. The maximum Gasteiger partial charge on any atom is 0.344 e. The number of rotatable bonds is 7. The minimum absolute atomic E-state index is 0.0755. The largest absolute Gasteiger partial charge is 0.482 e. The van der Waals surface area contributed by atoms with Gasteiger partial charge in [-0.25, -0.2) is 18.4 Å². The van der Waals surface area contributed by atoms with Crippen molar-refractivity contribution < 1.29 is 27.5 Å². The zero-order chi connectivity index (χ0) is 20.9. The fourth-order valence-corrected chi connectivity index (χ4v) is 2.72. The molecular weight excluding hydrogens is 384 g/mol. The van der Waals surface area contributed by atoms with Crippen LogP contribution in [0.5, 0.6) is 5.75 Å². The van der Waals surface area contributed by atoms with Crippen LogP contribution >= 0.6 is 0 Å². The summed E-state index contributed by atoms with van der Waals surface area (Å²) in [5.74, 6) is -0.722. The number of nitrogens with one attached hydrogen (secondary N) is 1. The fourth-order valence-electron chi connectivity index (χ4n) is 2.20. The number of amides is 1. The first kappa shape index (κ1) is 21.4. The lowest BCUT2D eigenvalue weighted by molar-refractivity contribution is -0.155. The summed E-state index contributed by atoms with van der Waals surface area (Å²) in [7, 11) is -3.81. The smallest absolute Gasteiger partial charge is 0.344 e. The van der Waals surface area contributed by atoms with Crippen molar-refractivity contribution in [2.45, 2.75) is 31.8 Å². The normalized spacial score (nSPS) is 12.1. The molecule has 3 N–H and O–H groups in total. The average molecular weight is 406 g/mol. The van der Waals surface area contributed by atoms with E-state index in [9.17, 15) is 18.0 Å². The Morgan fingerprint density at radius 2 is 1.71 bits per heavy atom. The van der Waals surface area contributed by atoms with E-state index in [-0.39, 0.29) is 11.5 Å². The molecule has 1 amide bonds. The lowest BCUT2D eigenvalue weighted by Crippen LogP contribution is -2.31. The van der Waals surface area contributed by atoms with E-state index < -0.39 is 28.0 Å². The molecule has 0 aromatic heterocycles. The Kier molecular flexibility index (Phi) is 6.76. The van der Waals surface area contributed by atoms with Crippen LogP contribution < -0.4 is 15.2 Å². The lowest BCUT2D eigenvalue weighted by Gasteiger charge is -2.14. The van der Waals surface area contributed by atoms with E-state index in [0.717, 1.165) is 11.1 Å². The van der Waals surface area contributed by atoms with Crippen molar-refractivity contribution in [2.24, 2.45) is 5.14 Å². The highest BCUT2D eigenvalue weighted by molar-refractivity contribution is 7.89. The molecule has 0 saturated heterocycles. The number of hydrogen-bond donors (Lipinski definition) is 2. The molecule has 1 unspecified atom stereocenters. The Bertz CT molecular complexity index is 970. The number of aryl methyl sites for hydroxylation is 2. The van der Waals surface area contributed by atoms with E-state index in [4.69, 9.17) is 14.6 Å². The number of carbonyl (C=O) groups excluding carboxylic acids is 2. The maximum absolute atomic E-state index is 12.1. The third kappa shape index (κ3) is 6.07. The molecular formula is C19H22N2O6S. The Labute approximate surface area is 163 Å². The Morgan fingerprint density at radius 3 is 2.29 bits per heavy atom. The minimum atomic E-state index is -3.81. The maximum atomic E-state index is 12.1. The van der Waals surface area contributed by atoms with Gasteiger partial charge in [0.05, 0.1) is 4.90 Å². The van der Waals surface area contributed by atoms with Crippen LogP contribution in [0.15, 0.2) is 47.4 Å². The summed E-state index contributed by atoms with van der Waals surface area (Å²) in [5, 5.41) is 7.53. The van der Waals surface area contributed by atoms with Crippen molar-refractivity contribution in [2.75, 3.05) is 11.9 Å². The van der Waals surface area contributed by atoms with Gasteiger partial charge in [-0.2, -0.15) is 0 Å². The van der Waals surface area contributed by atoms with Gasteiger partial charge in [0.25, 0.3) is 5.91 Å². The first-order valence-corrected chi connectivity index (χ1v) is 9.94. The molecule has 0 aliphatic heterocycles. The van der Waals surface area contributed by atoms with Crippen LogP contribution in [0.4, 0.5) is 5.69 Å². The third-order valence-electron chi connectivity index (χ3n) is 3.96. The summed E-state index contributed by atoms with van der Waals surface area (Å²) in [6.07, 6.45) is -1.06. The topological polar surface area (TPSA) is 125 Å². The molecule has 2 aromatic carbocycles. The second-order valence-corrected chi connectivity index (χ2v) is 7.79. The molecule has 0 saturated carbocycles. The zero-order valence-electron chi connectivity index (χ0n) is 15.8. The molecule has 8 nitrogen and oxygen atoms in total. The molecule has 2 aromatic rings. The van der Waals surface area contributed by atoms with Gasteiger partial charge in [0.2, 0.25) is 10.0 Å². The van der Waals surface area contributed by atoms with Crippen molar-refractivity contribution in [1.82, 2.24) is 0 Å². The monoisotopic (exact) mass is 406 g/mol. The third-order valence-corrected chi connectivity index (χ3v) is 4.89. The number of anilines is 1. The van der Waals surface area contributed by atoms with E-state index in [1.807, 2.05) is 26.0 Å². The van der Waals surface area contributed by atoms with Gasteiger partial charge in [-0.05, 0) is 68.3 Å². The number of benzene rings is 2. The van der Waals surface area contributed by atoms with Crippen molar-refractivity contribution >= 4 is 27.6 Å². The van der Waals surface area contributed by atoms with Gasteiger partial charge >= 0.3 is 5.97 Å². The second-order valence-electron chi connectivity index (χ2n) is 6.23. The Balaban J connectivity index is 1.85. The lowest BCUT2D eigenvalue weighted by atomic mass is 10.1. The van der Waals surface area contributed by atoms with Gasteiger partial charge in [0.1, 0.15) is 5.75 Å². The predicted octanol–water partition coefficient (Wildman–Crippen LogP) is 1.90. The SMILES string of the molecule is Cc1ccc(OCC(=O)OC(C)C(=O)Nc2ccc(S(N)(=O)=O)cc2)cc1C. The molecule has 0 radical (unpaired) electrons. The minimum Gasteiger partial charge on any atom is -0.482 e. The van der Waals surface area contributed by atoms with E-state index in [2.05, 4.69) is 5.32 Å². The first-order valence-electron chi connectivity index (χ1n) is 8.39. The highest BCUT2D eigenvalue weighted by atomic mass is 32.2. The number of esters is 1. The van der Waals surface area contributed by atoms with E-state index in [1.54, 1.807) is 6.07 Å². The molecule has 0 fully saturated rings. The van der Waals surface area contributed by atoms with Crippen LogP contribution in [0.25, 0.3) is 0 Å². The highest BCUT2D eigenvalue weighted by Crippen LogP contribution is 2.16. The van der Waals surface area contributed by atoms with Gasteiger partial charge in [-0.15, -0.1) is 0 Å². The molecule has 0 aliphatic carbocycles. The molecule has 9 heteroatoms. The summed E-state index contributed by atoms with van der Waals surface area (Å²) in [4.78, 5) is 23.9. The molecule has 0 bridgehead atoms. The van der Waals surface area contributed by atoms with Gasteiger partial charge in [0.15, 0.2) is 12.7 Å². The van der Waals surface area contributed by atoms with E-state index in [0.29, 0.717) is 11.4 Å².